The molecular formula is C21H28N2O4S. The Morgan fingerprint density at radius 3 is 2.39 bits per heavy atom. The number of amides is 1. The summed E-state index contributed by atoms with van der Waals surface area (Å²) >= 11 is 0. The summed E-state index contributed by atoms with van der Waals surface area (Å²) in [7, 11) is -3.51. The van der Waals surface area contributed by atoms with Crippen LogP contribution in [0.4, 0.5) is 0 Å². The van der Waals surface area contributed by atoms with Gasteiger partial charge in [-0.2, -0.15) is 0 Å². The maximum Gasteiger partial charge on any atom is 0.251 e. The van der Waals surface area contributed by atoms with Gasteiger partial charge in [-0.15, -0.1) is 0 Å². The van der Waals surface area contributed by atoms with Crippen molar-refractivity contribution < 1.29 is 17.9 Å². The van der Waals surface area contributed by atoms with Crippen LogP contribution in [0.1, 0.15) is 40.4 Å². The molecule has 2 rings (SSSR count). The molecule has 0 aliphatic carbocycles. The summed E-state index contributed by atoms with van der Waals surface area (Å²) in [5.41, 5.74) is 3.90. The quantitative estimate of drug-likeness (QED) is 0.629. The van der Waals surface area contributed by atoms with Crippen molar-refractivity contribution in [1.29, 1.82) is 0 Å². The molecule has 152 valence electrons. The fraction of sp³-hybridized carbons (Fsp3) is 0.381. The summed E-state index contributed by atoms with van der Waals surface area (Å²) < 4.78 is 32.1. The van der Waals surface area contributed by atoms with Crippen LogP contribution in [0.2, 0.25) is 0 Å². The van der Waals surface area contributed by atoms with Crippen LogP contribution in [-0.2, 0) is 10.0 Å². The highest BCUT2D eigenvalue weighted by Gasteiger charge is 2.13. The molecule has 0 fully saturated rings. The molecule has 0 aliphatic heterocycles. The van der Waals surface area contributed by atoms with Crippen LogP contribution in [0.5, 0.6) is 5.75 Å². The number of carbonyl (C=O) groups is 1. The van der Waals surface area contributed by atoms with Gasteiger partial charge in [-0.3, -0.25) is 4.79 Å². The van der Waals surface area contributed by atoms with E-state index in [-0.39, 0.29) is 10.8 Å². The molecule has 0 heterocycles. The lowest BCUT2D eigenvalue weighted by Gasteiger charge is -2.12. The topological polar surface area (TPSA) is 84.5 Å². The zero-order chi connectivity index (χ0) is 20.7. The number of hydrogen-bond acceptors (Lipinski definition) is 4. The van der Waals surface area contributed by atoms with Crippen molar-refractivity contribution in [2.24, 2.45) is 0 Å². The van der Waals surface area contributed by atoms with Gasteiger partial charge in [-0.1, -0.05) is 13.0 Å². The Hall–Kier alpha value is -2.38. The number of carbonyl (C=O) groups excluding carboxylic acids is 1. The summed E-state index contributed by atoms with van der Waals surface area (Å²) in [6.45, 7) is 9.13. The lowest BCUT2D eigenvalue weighted by atomic mass is 10.1. The molecule has 6 nitrogen and oxygen atoms in total. The Morgan fingerprint density at radius 1 is 1.07 bits per heavy atom. The fourth-order valence-corrected chi connectivity index (χ4v) is 3.81. The number of nitrogens with one attached hydrogen (secondary N) is 2. The standard InChI is InChI=1S/C21H28N2O4S/c1-5-23-28(25,26)19-9-7-18(8-10-19)21(24)22-11-6-12-27-20-14-15(2)13-16(3)17(20)4/h7-10,13-14,23H,5-6,11-12H2,1-4H3,(H,22,24). The van der Waals surface area contributed by atoms with E-state index in [9.17, 15) is 13.2 Å². The van der Waals surface area contributed by atoms with Gasteiger partial charge in [0.15, 0.2) is 0 Å². The predicted molar refractivity (Wildman–Crippen MR) is 110 cm³/mol. The number of rotatable bonds is 9. The van der Waals surface area contributed by atoms with E-state index in [1.165, 1.54) is 29.8 Å². The van der Waals surface area contributed by atoms with E-state index in [0.29, 0.717) is 31.7 Å². The van der Waals surface area contributed by atoms with Crippen LogP contribution >= 0.6 is 0 Å². The van der Waals surface area contributed by atoms with Crippen LogP contribution in [0, 0.1) is 20.8 Å². The van der Waals surface area contributed by atoms with E-state index in [1.54, 1.807) is 6.92 Å². The van der Waals surface area contributed by atoms with Crippen molar-refractivity contribution in [1.82, 2.24) is 10.0 Å². The highest BCUT2D eigenvalue weighted by Crippen LogP contribution is 2.23. The molecule has 0 unspecified atom stereocenters. The SMILES string of the molecule is CCNS(=O)(=O)c1ccc(C(=O)NCCCOc2cc(C)cc(C)c2C)cc1. The van der Waals surface area contributed by atoms with Crippen molar-refractivity contribution in [3.05, 3.63) is 58.7 Å². The number of ether oxygens (including phenoxy) is 1. The first-order chi connectivity index (χ1) is 13.2. The molecule has 0 aliphatic rings. The van der Waals surface area contributed by atoms with Gasteiger partial charge >= 0.3 is 0 Å². The highest BCUT2D eigenvalue weighted by atomic mass is 32.2. The van der Waals surface area contributed by atoms with Crippen molar-refractivity contribution in [3.8, 4) is 5.75 Å². The van der Waals surface area contributed by atoms with E-state index >= 15 is 0 Å². The molecule has 2 N–H and O–H groups in total. The van der Waals surface area contributed by atoms with Crippen LogP contribution in [0.25, 0.3) is 0 Å². The van der Waals surface area contributed by atoms with E-state index < -0.39 is 10.0 Å². The first-order valence-corrected chi connectivity index (χ1v) is 10.8. The van der Waals surface area contributed by atoms with Gasteiger partial charge in [0.05, 0.1) is 11.5 Å². The zero-order valence-corrected chi connectivity index (χ0v) is 17.7. The van der Waals surface area contributed by atoms with Gasteiger partial charge in [0.2, 0.25) is 10.0 Å². The molecule has 2 aromatic carbocycles. The first-order valence-electron chi connectivity index (χ1n) is 9.33. The summed E-state index contributed by atoms with van der Waals surface area (Å²) in [6, 6.07) is 10.0. The normalized spacial score (nSPS) is 11.3. The van der Waals surface area contributed by atoms with Crippen LogP contribution in [0.15, 0.2) is 41.3 Å². The molecule has 1 amide bonds. The first kappa shape index (κ1) is 21.9. The van der Waals surface area contributed by atoms with Gasteiger partial charge in [0, 0.05) is 18.7 Å². The molecule has 0 aromatic heterocycles. The van der Waals surface area contributed by atoms with Crippen molar-refractivity contribution in [2.75, 3.05) is 19.7 Å². The van der Waals surface area contributed by atoms with Gasteiger partial charge in [-0.05, 0) is 74.2 Å². The molecule has 0 saturated heterocycles. The van der Waals surface area contributed by atoms with Gasteiger partial charge in [0.1, 0.15) is 5.75 Å². The summed E-state index contributed by atoms with van der Waals surface area (Å²) in [5.74, 6) is 0.635. The Bertz CT molecular complexity index is 922. The third-order valence-corrected chi connectivity index (χ3v) is 5.95. The molecule has 2 aromatic rings. The number of sulfonamides is 1. The smallest absolute Gasteiger partial charge is 0.251 e. The van der Waals surface area contributed by atoms with Gasteiger partial charge < -0.3 is 10.1 Å². The van der Waals surface area contributed by atoms with Gasteiger partial charge in [0.25, 0.3) is 5.91 Å². The third kappa shape index (κ3) is 5.81. The van der Waals surface area contributed by atoms with E-state index in [2.05, 4.69) is 23.0 Å². The minimum atomic E-state index is -3.51. The lowest BCUT2D eigenvalue weighted by Crippen LogP contribution is -2.26. The van der Waals surface area contributed by atoms with E-state index in [4.69, 9.17) is 4.74 Å². The van der Waals surface area contributed by atoms with Crippen LogP contribution in [-0.4, -0.2) is 34.0 Å². The van der Waals surface area contributed by atoms with Crippen molar-refractivity contribution in [2.45, 2.75) is 39.0 Å². The molecule has 0 atom stereocenters. The van der Waals surface area contributed by atoms with E-state index in [1.807, 2.05) is 19.9 Å². The number of benzene rings is 2. The molecule has 0 radical (unpaired) electrons. The second-order valence-corrected chi connectivity index (χ2v) is 8.46. The highest BCUT2D eigenvalue weighted by molar-refractivity contribution is 7.89. The fourth-order valence-electron chi connectivity index (χ4n) is 2.77. The maximum absolute atomic E-state index is 12.2. The van der Waals surface area contributed by atoms with Crippen molar-refractivity contribution >= 4 is 15.9 Å². The van der Waals surface area contributed by atoms with Crippen molar-refractivity contribution in [3.63, 3.8) is 0 Å². The van der Waals surface area contributed by atoms with Crippen LogP contribution < -0.4 is 14.8 Å². The molecule has 28 heavy (non-hydrogen) atoms. The van der Waals surface area contributed by atoms with Crippen LogP contribution in [0.3, 0.4) is 0 Å². The molecule has 0 bridgehead atoms. The summed E-state index contributed by atoms with van der Waals surface area (Å²) in [4.78, 5) is 12.3. The Kier molecular flexibility index (Phi) is 7.60. The average molecular weight is 405 g/mol. The number of aryl methyl sites for hydroxylation is 2. The molecule has 0 spiro atoms. The number of hydrogen-bond donors (Lipinski definition) is 2. The monoisotopic (exact) mass is 404 g/mol. The average Bonchev–Trinajstić information content (AvgIpc) is 2.65. The lowest BCUT2D eigenvalue weighted by molar-refractivity contribution is 0.0951. The van der Waals surface area contributed by atoms with Gasteiger partial charge in [-0.25, -0.2) is 13.1 Å². The summed E-state index contributed by atoms with van der Waals surface area (Å²) in [5, 5.41) is 2.82. The Morgan fingerprint density at radius 2 is 1.75 bits per heavy atom. The van der Waals surface area contributed by atoms with E-state index in [0.717, 1.165) is 16.9 Å². The summed E-state index contributed by atoms with van der Waals surface area (Å²) in [6.07, 6.45) is 0.672. The molecule has 0 saturated carbocycles. The Labute approximate surface area is 167 Å². The minimum Gasteiger partial charge on any atom is -0.493 e. The second kappa shape index (κ2) is 9.71. The molecular weight excluding hydrogens is 376 g/mol. The largest absolute Gasteiger partial charge is 0.493 e. The maximum atomic E-state index is 12.2. The minimum absolute atomic E-state index is 0.142. The third-order valence-electron chi connectivity index (χ3n) is 4.39. The molecule has 7 heteroatoms. The predicted octanol–water partition coefficient (Wildman–Crippen LogP) is 3.11. The second-order valence-electron chi connectivity index (χ2n) is 6.69. The Balaban J connectivity index is 1.82. The zero-order valence-electron chi connectivity index (χ0n) is 16.8.